The summed E-state index contributed by atoms with van der Waals surface area (Å²) in [7, 11) is -3.69. The van der Waals surface area contributed by atoms with Crippen LogP contribution in [0.4, 0.5) is 0 Å². The van der Waals surface area contributed by atoms with Gasteiger partial charge in [-0.1, -0.05) is 42.5 Å². The summed E-state index contributed by atoms with van der Waals surface area (Å²) < 4.78 is 22.6. The number of nitrogens with one attached hydrogen (secondary N) is 1. The summed E-state index contributed by atoms with van der Waals surface area (Å²) in [6, 6.07) is 16.3. The van der Waals surface area contributed by atoms with Gasteiger partial charge in [-0.25, -0.2) is 13.6 Å². The number of amides is 2. The van der Waals surface area contributed by atoms with Crippen LogP contribution in [0.1, 0.15) is 30.4 Å². The molecule has 166 valence electrons. The predicted octanol–water partition coefficient (Wildman–Crippen LogP) is 1.86. The fraction of sp³-hybridized carbons (Fsp3) is 0.391. The Balaban J connectivity index is 1.36. The van der Waals surface area contributed by atoms with Gasteiger partial charge in [0.25, 0.3) is 0 Å². The highest BCUT2D eigenvalue weighted by Gasteiger charge is 2.26. The van der Waals surface area contributed by atoms with Crippen LogP contribution in [0.2, 0.25) is 0 Å². The van der Waals surface area contributed by atoms with E-state index in [1.54, 1.807) is 12.1 Å². The van der Waals surface area contributed by atoms with Gasteiger partial charge < -0.3 is 10.2 Å². The van der Waals surface area contributed by atoms with Gasteiger partial charge in [-0.3, -0.25) is 9.59 Å². The van der Waals surface area contributed by atoms with Crippen LogP contribution in [-0.2, 0) is 32.5 Å². The minimum atomic E-state index is -3.69. The van der Waals surface area contributed by atoms with E-state index in [0.29, 0.717) is 45.3 Å². The van der Waals surface area contributed by atoms with Gasteiger partial charge in [0, 0.05) is 32.0 Å². The average molecular weight is 444 g/mol. The molecule has 1 aliphatic rings. The first-order valence-electron chi connectivity index (χ1n) is 10.5. The largest absolute Gasteiger partial charge is 0.356 e. The van der Waals surface area contributed by atoms with E-state index in [1.165, 1.54) is 12.1 Å². The van der Waals surface area contributed by atoms with E-state index < -0.39 is 10.0 Å². The smallest absolute Gasteiger partial charge is 0.238 e. The highest BCUT2D eigenvalue weighted by molar-refractivity contribution is 7.89. The average Bonchev–Trinajstić information content (AvgIpc) is 2.78. The number of carbonyl (C=O) groups excluding carboxylic acids is 2. The molecule has 0 spiro atoms. The summed E-state index contributed by atoms with van der Waals surface area (Å²) >= 11 is 0. The summed E-state index contributed by atoms with van der Waals surface area (Å²) in [6.07, 6.45) is 3.18. The van der Waals surface area contributed by atoms with Crippen LogP contribution in [0.15, 0.2) is 59.5 Å². The predicted molar refractivity (Wildman–Crippen MR) is 119 cm³/mol. The Morgan fingerprint density at radius 2 is 1.55 bits per heavy atom. The van der Waals surface area contributed by atoms with Crippen molar-refractivity contribution in [3.8, 4) is 0 Å². The molecule has 0 saturated carbocycles. The SMILES string of the molecule is NS(=O)(=O)c1ccc(CCNC(=O)C2CCN(C(=O)CCc3ccccc3)CC2)cc1. The van der Waals surface area contributed by atoms with Crippen LogP contribution >= 0.6 is 0 Å². The molecule has 31 heavy (non-hydrogen) atoms. The Labute approximate surface area is 183 Å². The molecule has 1 heterocycles. The molecule has 0 atom stereocenters. The second-order valence-corrected chi connectivity index (χ2v) is 9.43. The molecule has 1 aliphatic heterocycles. The molecule has 7 nitrogen and oxygen atoms in total. The molecule has 2 aromatic rings. The number of nitrogens with zero attached hydrogens (tertiary/aromatic N) is 1. The minimum absolute atomic E-state index is 0.0116. The number of likely N-dealkylation sites (tertiary alicyclic amines) is 1. The van der Waals surface area contributed by atoms with Gasteiger partial charge in [0.1, 0.15) is 0 Å². The number of hydrogen-bond acceptors (Lipinski definition) is 4. The molecule has 3 N–H and O–H groups in total. The first kappa shape index (κ1) is 23.0. The van der Waals surface area contributed by atoms with E-state index in [9.17, 15) is 18.0 Å². The van der Waals surface area contributed by atoms with Crippen molar-refractivity contribution in [1.29, 1.82) is 0 Å². The highest BCUT2D eigenvalue weighted by Crippen LogP contribution is 2.19. The summed E-state index contributed by atoms with van der Waals surface area (Å²) in [5.74, 6) is 0.0751. The Kier molecular flexibility index (Phi) is 7.81. The lowest BCUT2D eigenvalue weighted by molar-refractivity contribution is -0.135. The third kappa shape index (κ3) is 6.90. The second-order valence-electron chi connectivity index (χ2n) is 7.87. The van der Waals surface area contributed by atoms with E-state index >= 15 is 0 Å². The molecule has 0 radical (unpaired) electrons. The van der Waals surface area contributed by atoms with Crippen molar-refractivity contribution in [3.63, 3.8) is 0 Å². The molecule has 2 aromatic carbocycles. The summed E-state index contributed by atoms with van der Waals surface area (Å²) in [6.45, 7) is 1.70. The fourth-order valence-corrected chi connectivity index (χ4v) is 4.28. The Hall–Kier alpha value is -2.71. The molecular formula is C23H29N3O4S. The third-order valence-corrected chi connectivity index (χ3v) is 6.58. The molecule has 8 heteroatoms. The summed E-state index contributed by atoms with van der Waals surface area (Å²) in [5, 5.41) is 8.04. The number of carbonyl (C=O) groups is 2. The first-order valence-corrected chi connectivity index (χ1v) is 12.1. The zero-order valence-electron chi connectivity index (χ0n) is 17.5. The molecule has 2 amide bonds. The van der Waals surface area contributed by atoms with Gasteiger partial charge in [-0.2, -0.15) is 0 Å². The standard InChI is InChI=1S/C23H29N3O4S/c24-31(29,30)21-9-6-19(7-10-21)12-15-25-23(28)20-13-16-26(17-14-20)22(27)11-8-18-4-2-1-3-5-18/h1-7,9-10,20H,8,11-17H2,(H,25,28)(H2,24,29,30). The molecule has 0 aromatic heterocycles. The van der Waals surface area contributed by atoms with Crippen molar-refractivity contribution < 1.29 is 18.0 Å². The Morgan fingerprint density at radius 1 is 0.935 bits per heavy atom. The fourth-order valence-electron chi connectivity index (χ4n) is 3.77. The van der Waals surface area contributed by atoms with Gasteiger partial charge in [0.15, 0.2) is 0 Å². The van der Waals surface area contributed by atoms with Crippen LogP contribution in [-0.4, -0.2) is 44.8 Å². The number of piperidine rings is 1. The van der Waals surface area contributed by atoms with Gasteiger partial charge >= 0.3 is 0 Å². The Morgan fingerprint density at radius 3 is 2.16 bits per heavy atom. The maximum absolute atomic E-state index is 12.5. The van der Waals surface area contributed by atoms with Crippen LogP contribution in [0, 0.1) is 5.92 Å². The molecule has 0 aliphatic carbocycles. The third-order valence-electron chi connectivity index (χ3n) is 5.65. The van der Waals surface area contributed by atoms with Crippen LogP contribution in [0.25, 0.3) is 0 Å². The topological polar surface area (TPSA) is 110 Å². The minimum Gasteiger partial charge on any atom is -0.356 e. The van der Waals surface area contributed by atoms with Crippen LogP contribution in [0.3, 0.4) is 0 Å². The van der Waals surface area contributed by atoms with Crippen LogP contribution in [0.5, 0.6) is 0 Å². The lowest BCUT2D eigenvalue weighted by atomic mass is 9.95. The summed E-state index contributed by atoms with van der Waals surface area (Å²) in [5.41, 5.74) is 2.08. The normalized spacial score (nSPS) is 14.9. The molecule has 1 fully saturated rings. The van der Waals surface area contributed by atoms with Crippen molar-refractivity contribution in [2.24, 2.45) is 11.1 Å². The number of primary sulfonamides is 1. The first-order chi connectivity index (χ1) is 14.8. The van der Waals surface area contributed by atoms with Crippen molar-refractivity contribution >= 4 is 21.8 Å². The van der Waals surface area contributed by atoms with Crippen molar-refractivity contribution in [2.75, 3.05) is 19.6 Å². The summed E-state index contributed by atoms with van der Waals surface area (Å²) in [4.78, 5) is 26.8. The number of sulfonamides is 1. The number of rotatable bonds is 8. The molecular weight excluding hydrogens is 414 g/mol. The molecule has 1 saturated heterocycles. The zero-order valence-corrected chi connectivity index (χ0v) is 18.3. The Bertz CT molecular complexity index is 983. The lowest BCUT2D eigenvalue weighted by Crippen LogP contribution is -2.43. The molecule has 0 unspecified atom stereocenters. The number of benzene rings is 2. The number of aryl methyl sites for hydroxylation is 1. The maximum atomic E-state index is 12.5. The number of nitrogens with two attached hydrogens (primary N) is 1. The van der Waals surface area contributed by atoms with Crippen LogP contribution < -0.4 is 10.5 Å². The van der Waals surface area contributed by atoms with Gasteiger partial charge in [0.05, 0.1) is 4.90 Å². The quantitative estimate of drug-likeness (QED) is 0.649. The lowest BCUT2D eigenvalue weighted by Gasteiger charge is -2.31. The second kappa shape index (κ2) is 10.5. The van der Waals surface area contributed by atoms with Gasteiger partial charge in [0.2, 0.25) is 21.8 Å². The van der Waals surface area contributed by atoms with Gasteiger partial charge in [-0.15, -0.1) is 0 Å². The molecule has 0 bridgehead atoms. The van der Waals surface area contributed by atoms with Gasteiger partial charge in [-0.05, 0) is 48.9 Å². The van der Waals surface area contributed by atoms with Crippen molar-refractivity contribution in [1.82, 2.24) is 10.2 Å². The van der Waals surface area contributed by atoms with E-state index in [-0.39, 0.29) is 22.6 Å². The van der Waals surface area contributed by atoms with E-state index in [1.807, 2.05) is 35.2 Å². The highest BCUT2D eigenvalue weighted by atomic mass is 32.2. The van der Waals surface area contributed by atoms with Crippen molar-refractivity contribution in [3.05, 3.63) is 65.7 Å². The maximum Gasteiger partial charge on any atom is 0.238 e. The van der Waals surface area contributed by atoms with E-state index in [2.05, 4.69) is 5.32 Å². The van der Waals surface area contributed by atoms with E-state index in [0.717, 1.165) is 17.5 Å². The number of hydrogen-bond donors (Lipinski definition) is 2. The molecule has 3 rings (SSSR count). The monoisotopic (exact) mass is 443 g/mol. The zero-order chi connectivity index (χ0) is 22.3. The van der Waals surface area contributed by atoms with E-state index in [4.69, 9.17) is 5.14 Å². The van der Waals surface area contributed by atoms with Crippen molar-refractivity contribution in [2.45, 2.75) is 37.0 Å².